The highest BCUT2D eigenvalue weighted by atomic mass is 16.2. The Bertz CT molecular complexity index is 805. The number of urea groups is 1. The molecular weight excluding hydrogens is 314 g/mol. The van der Waals surface area contributed by atoms with Gasteiger partial charge in [-0.1, -0.05) is 37.1 Å². The molecule has 0 bridgehead atoms. The zero-order chi connectivity index (χ0) is 17.7. The predicted molar refractivity (Wildman–Crippen MR) is 93.4 cm³/mol. The summed E-state index contributed by atoms with van der Waals surface area (Å²) in [6, 6.07) is 11.5. The fourth-order valence-corrected chi connectivity index (χ4v) is 3.35. The Kier molecular flexibility index (Phi) is 4.94. The molecule has 1 saturated carbocycles. The van der Waals surface area contributed by atoms with Crippen molar-refractivity contribution in [1.29, 1.82) is 5.26 Å². The molecule has 1 aromatic carbocycles. The van der Waals surface area contributed by atoms with Crippen molar-refractivity contribution >= 4 is 6.03 Å². The third kappa shape index (κ3) is 3.77. The van der Waals surface area contributed by atoms with E-state index in [1.807, 2.05) is 37.3 Å². The number of nitrogens with one attached hydrogen (secondary N) is 2. The van der Waals surface area contributed by atoms with Gasteiger partial charge in [-0.2, -0.15) is 5.26 Å². The summed E-state index contributed by atoms with van der Waals surface area (Å²) in [5, 5.41) is 15.1. The minimum absolute atomic E-state index is 0.130. The number of nitrogens with zero attached hydrogens (tertiary/aromatic N) is 3. The number of rotatable bonds is 4. The van der Waals surface area contributed by atoms with Crippen LogP contribution in [0.25, 0.3) is 0 Å². The number of nitriles is 1. The van der Waals surface area contributed by atoms with Crippen LogP contribution in [0.15, 0.2) is 36.5 Å². The lowest BCUT2D eigenvalue weighted by atomic mass is 9.93. The van der Waals surface area contributed by atoms with Gasteiger partial charge in [0.2, 0.25) is 5.82 Å². The Morgan fingerprint density at radius 1 is 1.28 bits per heavy atom. The third-order valence-electron chi connectivity index (χ3n) is 4.76. The van der Waals surface area contributed by atoms with Crippen molar-refractivity contribution in [3.8, 4) is 6.07 Å². The van der Waals surface area contributed by atoms with Crippen molar-refractivity contribution in [1.82, 2.24) is 20.6 Å². The van der Waals surface area contributed by atoms with E-state index < -0.39 is 5.54 Å². The van der Waals surface area contributed by atoms with E-state index in [2.05, 4.69) is 20.6 Å². The number of aromatic nitrogens is 2. The summed E-state index contributed by atoms with van der Waals surface area (Å²) in [7, 11) is 0. The summed E-state index contributed by atoms with van der Waals surface area (Å²) in [6.07, 6.45) is 5.24. The first-order valence-electron chi connectivity index (χ1n) is 8.47. The van der Waals surface area contributed by atoms with E-state index in [-0.39, 0.29) is 11.9 Å². The number of hydrogen-bond donors (Lipinski definition) is 2. The van der Waals surface area contributed by atoms with Crippen LogP contribution < -0.4 is 10.6 Å². The zero-order valence-corrected chi connectivity index (χ0v) is 14.2. The molecule has 0 aliphatic heterocycles. The van der Waals surface area contributed by atoms with Crippen molar-refractivity contribution < 1.29 is 4.79 Å². The van der Waals surface area contributed by atoms with E-state index in [9.17, 15) is 4.79 Å². The lowest BCUT2D eigenvalue weighted by Gasteiger charge is -2.30. The van der Waals surface area contributed by atoms with Gasteiger partial charge in [0, 0.05) is 12.7 Å². The number of aryl methyl sites for hydroxylation is 1. The predicted octanol–water partition coefficient (Wildman–Crippen LogP) is 2.93. The summed E-state index contributed by atoms with van der Waals surface area (Å²) < 4.78 is 0. The highest BCUT2D eigenvalue weighted by Gasteiger charge is 2.38. The van der Waals surface area contributed by atoms with Gasteiger partial charge in [0.1, 0.15) is 6.07 Å². The van der Waals surface area contributed by atoms with Crippen LogP contribution in [0.3, 0.4) is 0 Å². The third-order valence-corrected chi connectivity index (χ3v) is 4.76. The first-order chi connectivity index (χ1) is 12.1. The van der Waals surface area contributed by atoms with Crippen LogP contribution in [0.4, 0.5) is 4.79 Å². The minimum atomic E-state index is -0.523. The SMILES string of the molecule is Cc1ccccc1CNC(=O)NC1(c2ccnc(C#N)n2)CCCC1. The van der Waals surface area contributed by atoms with Crippen LogP contribution in [0.1, 0.15) is 48.3 Å². The molecule has 1 heterocycles. The average Bonchev–Trinajstić information content (AvgIpc) is 3.11. The molecule has 0 atom stereocenters. The maximum Gasteiger partial charge on any atom is 0.315 e. The molecule has 2 aromatic rings. The van der Waals surface area contributed by atoms with E-state index in [1.165, 1.54) is 0 Å². The van der Waals surface area contributed by atoms with Gasteiger partial charge < -0.3 is 10.6 Å². The average molecular weight is 335 g/mol. The number of amides is 2. The Labute approximate surface area is 147 Å². The van der Waals surface area contributed by atoms with Crippen molar-refractivity contribution in [3.05, 3.63) is 59.2 Å². The molecule has 2 N–H and O–H groups in total. The molecule has 6 nitrogen and oxygen atoms in total. The van der Waals surface area contributed by atoms with Crippen LogP contribution in [0.5, 0.6) is 0 Å². The fourth-order valence-electron chi connectivity index (χ4n) is 3.35. The Hall–Kier alpha value is -2.94. The Balaban J connectivity index is 1.72. The van der Waals surface area contributed by atoms with Gasteiger partial charge in [-0.15, -0.1) is 0 Å². The molecule has 0 unspecified atom stereocenters. The molecule has 0 spiro atoms. The van der Waals surface area contributed by atoms with Crippen LogP contribution in [0, 0.1) is 18.3 Å². The molecule has 0 radical (unpaired) electrons. The highest BCUT2D eigenvalue weighted by molar-refractivity contribution is 5.75. The normalized spacial score (nSPS) is 15.4. The maximum atomic E-state index is 12.5. The van der Waals surface area contributed by atoms with Crippen LogP contribution in [-0.4, -0.2) is 16.0 Å². The van der Waals surface area contributed by atoms with Crippen LogP contribution >= 0.6 is 0 Å². The quantitative estimate of drug-likeness (QED) is 0.899. The monoisotopic (exact) mass is 335 g/mol. The second-order valence-electron chi connectivity index (χ2n) is 6.40. The zero-order valence-electron chi connectivity index (χ0n) is 14.2. The molecule has 1 fully saturated rings. The summed E-state index contributed by atoms with van der Waals surface area (Å²) >= 11 is 0. The molecule has 2 amide bonds. The molecular formula is C19H21N5O. The standard InChI is InChI=1S/C19H21N5O/c1-14-6-2-3-7-15(14)13-22-18(25)24-19(9-4-5-10-19)16-8-11-21-17(12-20)23-16/h2-3,6-8,11H,4-5,9-10,13H2,1H3,(H2,22,24,25). The topological polar surface area (TPSA) is 90.7 Å². The van der Waals surface area contributed by atoms with Crippen molar-refractivity contribution in [3.63, 3.8) is 0 Å². The second kappa shape index (κ2) is 7.31. The Morgan fingerprint density at radius 3 is 2.76 bits per heavy atom. The smallest absolute Gasteiger partial charge is 0.315 e. The summed E-state index contributed by atoms with van der Waals surface area (Å²) in [5.41, 5.74) is 2.42. The molecule has 1 aliphatic rings. The maximum absolute atomic E-state index is 12.5. The molecule has 0 saturated heterocycles. The van der Waals surface area contributed by atoms with E-state index in [4.69, 9.17) is 5.26 Å². The highest BCUT2D eigenvalue weighted by Crippen LogP contribution is 2.37. The van der Waals surface area contributed by atoms with Crippen molar-refractivity contribution in [2.24, 2.45) is 0 Å². The first-order valence-corrected chi connectivity index (χ1v) is 8.47. The van der Waals surface area contributed by atoms with Crippen molar-refractivity contribution in [2.75, 3.05) is 0 Å². The van der Waals surface area contributed by atoms with E-state index in [0.29, 0.717) is 12.2 Å². The summed E-state index contributed by atoms with van der Waals surface area (Å²) in [5.74, 6) is 0.130. The van der Waals surface area contributed by atoms with Crippen LogP contribution in [-0.2, 0) is 12.1 Å². The van der Waals surface area contributed by atoms with Gasteiger partial charge in [-0.05, 0) is 37.0 Å². The molecule has 3 rings (SSSR count). The summed E-state index contributed by atoms with van der Waals surface area (Å²) in [4.78, 5) is 20.7. The van der Waals surface area contributed by atoms with Crippen LogP contribution in [0.2, 0.25) is 0 Å². The fraction of sp³-hybridized carbons (Fsp3) is 0.368. The number of carbonyl (C=O) groups is 1. The van der Waals surface area contributed by atoms with Gasteiger partial charge in [0.25, 0.3) is 0 Å². The van der Waals surface area contributed by atoms with Crippen molar-refractivity contribution in [2.45, 2.75) is 44.7 Å². The number of carbonyl (C=O) groups excluding carboxylic acids is 1. The number of hydrogen-bond acceptors (Lipinski definition) is 4. The first kappa shape index (κ1) is 16.9. The lowest BCUT2D eigenvalue weighted by molar-refractivity contribution is 0.223. The second-order valence-corrected chi connectivity index (χ2v) is 6.40. The van der Waals surface area contributed by atoms with Gasteiger partial charge in [0.15, 0.2) is 0 Å². The van der Waals surface area contributed by atoms with Gasteiger partial charge in [-0.25, -0.2) is 14.8 Å². The largest absolute Gasteiger partial charge is 0.334 e. The lowest BCUT2D eigenvalue weighted by Crippen LogP contribution is -2.48. The van der Waals surface area contributed by atoms with Gasteiger partial charge in [0.05, 0.1) is 11.2 Å². The van der Waals surface area contributed by atoms with E-state index >= 15 is 0 Å². The number of benzene rings is 1. The van der Waals surface area contributed by atoms with Gasteiger partial charge >= 0.3 is 6.03 Å². The Morgan fingerprint density at radius 2 is 2.04 bits per heavy atom. The van der Waals surface area contributed by atoms with E-state index in [0.717, 1.165) is 36.8 Å². The molecule has 1 aliphatic carbocycles. The molecule has 6 heteroatoms. The molecule has 1 aromatic heterocycles. The van der Waals surface area contributed by atoms with Gasteiger partial charge in [-0.3, -0.25) is 0 Å². The summed E-state index contributed by atoms with van der Waals surface area (Å²) in [6.45, 7) is 2.50. The molecule has 25 heavy (non-hydrogen) atoms. The van der Waals surface area contributed by atoms with E-state index in [1.54, 1.807) is 12.3 Å². The molecule has 128 valence electrons. The minimum Gasteiger partial charge on any atom is -0.334 e.